The number of nitrogens with zero attached hydrogens (tertiary/aromatic N) is 2. The van der Waals surface area contributed by atoms with Crippen LogP contribution in [0.15, 0.2) is 28.7 Å². The number of halogens is 1. The summed E-state index contributed by atoms with van der Waals surface area (Å²) in [7, 11) is 0. The molecule has 6 heteroatoms. The molecule has 0 aliphatic heterocycles. The van der Waals surface area contributed by atoms with E-state index in [0.29, 0.717) is 11.6 Å². The molecule has 2 rings (SSSR count). The predicted molar refractivity (Wildman–Crippen MR) is 86.1 cm³/mol. The van der Waals surface area contributed by atoms with Crippen molar-refractivity contribution in [2.75, 3.05) is 10.7 Å². The fourth-order valence-electron chi connectivity index (χ4n) is 1.72. The van der Waals surface area contributed by atoms with Gasteiger partial charge >= 0.3 is 0 Å². The zero-order chi connectivity index (χ0) is 14.7. The number of nitrogens with one attached hydrogen (secondary N) is 2. The summed E-state index contributed by atoms with van der Waals surface area (Å²) in [5.41, 5.74) is 4.71. The van der Waals surface area contributed by atoms with Gasteiger partial charge in [0, 0.05) is 16.5 Å². The summed E-state index contributed by atoms with van der Waals surface area (Å²) in [6, 6.07) is 7.87. The van der Waals surface area contributed by atoms with Gasteiger partial charge in [0.2, 0.25) is 0 Å². The highest BCUT2D eigenvalue weighted by Gasteiger charge is 2.09. The number of hydrogen-bond acceptors (Lipinski definition) is 5. The largest absolute Gasteiger partial charge is 0.339 e. The van der Waals surface area contributed by atoms with Crippen molar-refractivity contribution in [1.82, 2.24) is 9.97 Å². The van der Waals surface area contributed by atoms with E-state index in [4.69, 9.17) is 5.84 Å². The number of benzene rings is 1. The monoisotopic (exact) mass is 335 g/mol. The molecule has 0 unspecified atom stereocenters. The second kappa shape index (κ2) is 6.19. The van der Waals surface area contributed by atoms with Crippen molar-refractivity contribution < 1.29 is 0 Å². The SMILES string of the molecule is Cc1ccc(Nc2cc(NN)nc(C(C)C)n2)c(Br)c1. The van der Waals surface area contributed by atoms with Crippen LogP contribution in [0.2, 0.25) is 0 Å². The lowest BCUT2D eigenvalue weighted by Crippen LogP contribution is -2.12. The smallest absolute Gasteiger partial charge is 0.145 e. The highest BCUT2D eigenvalue weighted by Crippen LogP contribution is 2.27. The molecule has 0 radical (unpaired) electrons. The van der Waals surface area contributed by atoms with Crippen LogP contribution in [0, 0.1) is 6.92 Å². The third kappa shape index (κ3) is 3.46. The van der Waals surface area contributed by atoms with Crippen LogP contribution >= 0.6 is 15.9 Å². The average Bonchev–Trinajstić information content (AvgIpc) is 2.41. The van der Waals surface area contributed by atoms with E-state index in [1.54, 1.807) is 6.07 Å². The number of hydrazine groups is 1. The second-order valence-electron chi connectivity index (χ2n) is 4.90. The molecule has 0 bridgehead atoms. The number of anilines is 3. The summed E-state index contributed by atoms with van der Waals surface area (Å²) in [6.07, 6.45) is 0. The van der Waals surface area contributed by atoms with E-state index in [1.165, 1.54) is 5.56 Å². The Labute approximate surface area is 127 Å². The summed E-state index contributed by atoms with van der Waals surface area (Å²) >= 11 is 3.54. The minimum absolute atomic E-state index is 0.227. The number of hydrogen-bond donors (Lipinski definition) is 3. The highest BCUT2D eigenvalue weighted by molar-refractivity contribution is 9.10. The molecular formula is C14H18BrN5. The van der Waals surface area contributed by atoms with E-state index < -0.39 is 0 Å². The van der Waals surface area contributed by atoms with Crippen LogP contribution < -0.4 is 16.6 Å². The van der Waals surface area contributed by atoms with E-state index in [2.05, 4.69) is 42.7 Å². The van der Waals surface area contributed by atoms with Gasteiger partial charge in [-0.05, 0) is 40.5 Å². The number of nitrogen functional groups attached to an aromatic ring is 1. The Balaban J connectivity index is 2.34. The van der Waals surface area contributed by atoms with Gasteiger partial charge in [-0.2, -0.15) is 0 Å². The van der Waals surface area contributed by atoms with Crippen molar-refractivity contribution in [3.8, 4) is 0 Å². The van der Waals surface area contributed by atoms with Crippen molar-refractivity contribution in [3.63, 3.8) is 0 Å². The number of aromatic nitrogens is 2. The molecule has 2 aromatic rings. The molecular weight excluding hydrogens is 318 g/mol. The van der Waals surface area contributed by atoms with Crippen molar-refractivity contribution in [2.45, 2.75) is 26.7 Å². The van der Waals surface area contributed by atoms with Crippen molar-refractivity contribution in [1.29, 1.82) is 0 Å². The first-order chi connectivity index (χ1) is 9.49. The third-order valence-electron chi connectivity index (χ3n) is 2.80. The minimum Gasteiger partial charge on any atom is -0.339 e. The molecule has 4 N–H and O–H groups in total. The van der Waals surface area contributed by atoms with Crippen LogP contribution in [0.1, 0.15) is 31.2 Å². The summed E-state index contributed by atoms with van der Waals surface area (Å²) in [4.78, 5) is 8.83. The van der Waals surface area contributed by atoms with Gasteiger partial charge in [-0.1, -0.05) is 19.9 Å². The molecule has 0 saturated carbocycles. The Morgan fingerprint density at radius 2 is 1.85 bits per heavy atom. The van der Waals surface area contributed by atoms with E-state index >= 15 is 0 Å². The quantitative estimate of drug-likeness (QED) is 0.586. The normalized spacial score (nSPS) is 10.7. The topological polar surface area (TPSA) is 75.9 Å². The van der Waals surface area contributed by atoms with E-state index in [1.807, 2.05) is 32.9 Å². The van der Waals surface area contributed by atoms with Gasteiger partial charge in [0.05, 0.1) is 5.69 Å². The van der Waals surface area contributed by atoms with Gasteiger partial charge < -0.3 is 10.7 Å². The number of aryl methyl sites for hydroxylation is 1. The number of rotatable bonds is 4. The lowest BCUT2D eigenvalue weighted by molar-refractivity contribution is 0.777. The zero-order valence-corrected chi connectivity index (χ0v) is 13.3. The summed E-state index contributed by atoms with van der Waals surface area (Å²) in [5, 5.41) is 3.28. The van der Waals surface area contributed by atoms with E-state index in [0.717, 1.165) is 16.0 Å². The van der Waals surface area contributed by atoms with Crippen LogP contribution in [0.5, 0.6) is 0 Å². The maximum absolute atomic E-state index is 5.45. The average molecular weight is 336 g/mol. The first kappa shape index (κ1) is 14.7. The fraction of sp³-hybridized carbons (Fsp3) is 0.286. The molecule has 0 spiro atoms. The molecule has 0 atom stereocenters. The van der Waals surface area contributed by atoms with Crippen LogP contribution in [0.4, 0.5) is 17.3 Å². The number of nitrogens with two attached hydrogens (primary N) is 1. The molecule has 0 saturated heterocycles. The van der Waals surface area contributed by atoms with Gasteiger partial charge in [-0.25, -0.2) is 15.8 Å². The lowest BCUT2D eigenvalue weighted by Gasteiger charge is -2.12. The van der Waals surface area contributed by atoms with Crippen LogP contribution in [-0.4, -0.2) is 9.97 Å². The van der Waals surface area contributed by atoms with Crippen molar-refractivity contribution in [2.24, 2.45) is 5.84 Å². The van der Waals surface area contributed by atoms with Crippen LogP contribution in [0.3, 0.4) is 0 Å². The zero-order valence-electron chi connectivity index (χ0n) is 11.7. The fourth-order valence-corrected chi connectivity index (χ4v) is 2.31. The molecule has 0 fully saturated rings. The molecule has 0 aliphatic carbocycles. The van der Waals surface area contributed by atoms with E-state index in [9.17, 15) is 0 Å². The highest BCUT2D eigenvalue weighted by atomic mass is 79.9. The maximum Gasteiger partial charge on any atom is 0.145 e. The van der Waals surface area contributed by atoms with Crippen molar-refractivity contribution >= 4 is 33.3 Å². The molecule has 1 heterocycles. The third-order valence-corrected chi connectivity index (χ3v) is 3.45. The van der Waals surface area contributed by atoms with Gasteiger partial charge in [-0.3, -0.25) is 0 Å². The van der Waals surface area contributed by atoms with Gasteiger partial charge in [-0.15, -0.1) is 0 Å². The predicted octanol–water partition coefficient (Wildman–Crippen LogP) is 3.70. The molecule has 1 aromatic heterocycles. The first-order valence-electron chi connectivity index (χ1n) is 6.38. The summed E-state index contributed by atoms with van der Waals surface area (Å²) in [6.45, 7) is 6.13. The maximum atomic E-state index is 5.45. The summed E-state index contributed by atoms with van der Waals surface area (Å²) in [5.74, 6) is 7.72. The van der Waals surface area contributed by atoms with Gasteiger partial charge in [0.15, 0.2) is 0 Å². The molecule has 106 valence electrons. The molecule has 5 nitrogen and oxygen atoms in total. The van der Waals surface area contributed by atoms with Crippen molar-refractivity contribution in [3.05, 3.63) is 40.1 Å². The first-order valence-corrected chi connectivity index (χ1v) is 7.17. The van der Waals surface area contributed by atoms with Gasteiger partial charge in [0.1, 0.15) is 17.5 Å². The van der Waals surface area contributed by atoms with Crippen LogP contribution in [0.25, 0.3) is 0 Å². The molecule has 0 amide bonds. The standard InChI is InChI=1S/C14H18BrN5/c1-8(2)14-18-12(7-13(19-14)20-16)17-11-5-4-9(3)6-10(11)15/h4-8H,16H2,1-3H3,(H2,17,18,19,20). The molecule has 0 aliphatic rings. The Morgan fingerprint density at radius 3 is 2.45 bits per heavy atom. The minimum atomic E-state index is 0.227. The molecule has 20 heavy (non-hydrogen) atoms. The van der Waals surface area contributed by atoms with E-state index in [-0.39, 0.29) is 5.92 Å². The Kier molecular flexibility index (Phi) is 4.57. The Morgan fingerprint density at radius 1 is 1.15 bits per heavy atom. The van der Waals surface area contributed by atoms with Gasteiger partial charge in [0.25, 0.3) is 0 Å². The van der Waals surface area contributed by atoms with Crippen LogP contribution in [-0.2, 0) is 0 Å². The Bertz CT molecular complexity index is 613. The summed E-state index contributed by atoms with van der Waals surface area (Å²) < 4.78 is 0.990. The lowest BCUT2D eigenvalue weighted by atomic mass is 10.2. The molecule has 1 aromatic carbocycles. The Hall–Kier alpha value is -1.66. The second-order valence-corrected chi connectivity index (χ2v) is 5.76.